The molecule has 1 heterocycles. The van der Waals surface area contributed by atoms with Gasteiger partial charge in [0.1, 0.15) is 6.10 Å². The molecule has 23 heavy (non-hydrogen) atoms. The van der Waals surface area contributed by atoms with Crippen LogP contribution in [0.5, 0.6) is 0 Å². The molecule has 1 aromatic carbocycles. The SMILES string of the molecule is C/C=C/C(OC/C=C/B1OC(C)(C)C(C)(C)O1)c1ccccc1. The molecule has 0 bridgehead atoms. The molecular weight excluding hydrogens is 287 g/mol. The molecule has 0 N–H and O–H groups in total. The van der Waals surface area contributed by atoms with Crippen LogP contribution in [0.4, 0.5) is 0 Å². The van der Waals surface area contributed by atoms with Crippen LogP contribution in [-0.4, -0.2) is 24.9 Å². The fourth-order valence-corrected chi connectivity index (χ4v) is 2.37. The van der Waals surface area contributed by atoms with Gasteiger partial charge in [-0.25, -0.2) is 0 Å². The third-order valence-electron chi connectivity index (χ3n) is 4.43. The minimum atomic E-state index is -0.319. The van der Waals surface area contributed by atoms with Crippen LogP contribution >= 0.6 is 0 Å². The van der Waals surface area contributed by atoms with Crippen molar-refractivity contribution >= 4 is 7.12 Å². The monoisotopic (exact) mass is 314 g/mol. The molecule has 0 radical (unpaired) electrons. The van der Waals surface area contributed by atoms with E-state index in [4.69, 9.17) is 14.0 Å². The van der Waals surface area contributed by atoms with Gasteiger partial charge < -0.3 is 14.0 Å². The first-order chi connectivity index (χ1) is 10.9. The minimum absolute atomic E-state index is 0.0378. The molecule has 1 fully saturated rings. The summed E-state index contributed by atoms with van der Waals surface area (Å²) in [5.41, 5.74) is 0.537. The van der Waals surface area contributed by atoms with Gasteiger partial charge in [0.05, 0.1) is 17.8 Å². The van der Waals surface area contributed by atoms with E-state index in [1.807, 2.05) is 43.3 Å². The fraction of sp³-hybridized carbons (Fsp3) is 0.474. The first kappa shape index (κ1) is 18.0. The number of benzene rings is 1. The van der Waals surface area contributed by atoms with Crippen molar-refractivity contribution in [1.82, 2.24) is 0 Å². The Morgan fingerprint density at radius 3 is 2.26 bits per heavy atom. The van der Waals surface area contributed by atoms with Gasteiger partial charge in [0, 0.05) is 0 Å². The second-order valence-electron chi connectivity index (χ2n) is 6.74. The molecule has 0 spiro atoms. The summed E-state index contributed by atoms with van der Waals surface area (Å²) in [7, 11) is -0.319. The predicted molar refractivity (Wildman–Crippen MR) is 95.2 cm³/mol. The lowest BCUT2D eigenvalue weighted by atomic mass is 9.90. The second kappa shape index (κ2) is 7.48. The van der Waals surface area contributed by atoms with Crippen LogP contribution < -0.4 is 0 Å². The van der Waals surface area contributed by atoms with Crippen LogP contribution in [0.3, 0.4) is 0 Å². The average molecular weight is 314 g/mol. The van der Waals surface area contributed by atoms with Crippen LogP contribution in [0.2, 0.25) is 0 Å². The molecule has 1 unspecified atom stereocenters. The molecule has 1 aromatic rings. The highest BCUT2D eigenvalue weighted by atomic mass is 16.7. The number of hydrogen-bond donors (Lipinski definition) is 0. The zero-order valence-corrected chi connectivity index (χ0v) is 14.8. The summed E-state index contributed by atoms with van der Waals surface area (Å²) in [6.07, 6.45) is 5.99. The first-order valence-electron chi connectivity index (χ1n) is 8.17. The van der Waals surface area contributed by atoms with Crippen LogP contribution in [0.1, 0.15) is 46.3 Å². The molecule has 1 atom stereocenters. The van der Waals surface area contributed by atoms with Gasteiger partial charge in [-0.15, -0.1) is 0 Å². The average Bonchev–Trinajstić information content (AvgIpc) is 2.71. The summed E-state index contributed by atoms with van der Waals surface area (Å²) < 4.78 is 17.8. The van der Waals surface area contributed by atoms with Gasteiger partial charge in [-0.3, -0.25) is 0 Å². The molecule has 3 nitrogen and oxygen atoms in total. The summed E-state index contributed by atoms with van der Waals surface area (Å²) in [5.74, 6) is 1.92. The van der Waals surface area contributed by atoms with Crippen molar-refractivity contribution in [3.8, 4) is 0 Å². The molecule has 2 rings (SSSR count). The summed E-state index contributed by atoms with van der Waals surface area (Å²) in [5, 5.41) is 0. The van der Waals surface area contributed by atoms with E-state index in [0.717, 1.165) is 5.56 Å². The summed E-state index contributed by atoms with van der Waals surface area (Å²) >= 11 is 0. The highest BCUT2D eigenvalue weighted by Crippen LogP contribution is 2.36. The third-order valence-corrected chi connectivity index (χ3v) is 4.43. The normalized spacial score (nSPS) is 21.3. The van der Waals surface area contributed by atoms with Crippen LogP contribution in [0, 0.1) is 0 Å². The van der Waals surface area contributed by atoms with Crippen LogP contribution in [0.25, 0.3) is 0 Å². The number of allylic oxidation sites excluding steroid dienone is 1. The first-order valence-corrected chi connectivity index (χ1v) is 8.17. The molecule has 0 aromatic heterocycles. The molecule has 0 aliphatic carbocycles. The van der Waals surface area contributed by atoms with E-state index in [-0.39, 0.29) is 24.4 Å². The Hall–Kier alpha value is -1.36. The molecular formula is C19H27BO3. The minimum Gasteiger partial charge on any atom is -0.400 e. The van der Waals surface area contributed by atoms with Gasteiger partial charge in [0.15, 0.2) is 0 Å². The number of hydrogen-bond acceptors (Lipinski definition) is 3. The Balaban J connectivity index is 1.88. The van der Waals surface area contributed by atoms with E-state index in [1.54, 1.807) is 0 Å². The summed E-state index contributed by atoms with van der Waals surface area (Å²) in [6.45, 7) is 10.7. The highest BCUT2D eigenvalue weighted by Gasteiger charge is 2.49. The van der Waals surface area contributed by atoms with Crippen molar-refractivity contribution in [2.24, 2.45) is 0 Å². The molecule has 0 saturated carbocycles. The number of rotatable bonds is 6. The lowest BCUT2D eigenvalue weighted by molar-refractivity contribution is 0.00578. The van der Waals surface area contributed by atoms with Crippen molar-refractivity contribution in [1.29, 1.82) is 0 Å². The maximum atomic E-state index is 5.95. The van der Waals surface area contributed by atoms with E-state index in [1.165, 1.54) is 0 Å². The smallest absolute Gasteiger partial charge is 0.400 e. The lowest BCUT2D eigenvalue weighted by Crippen LogP contribution is -2.41. The Morgan fingerprint density at radius 1 is 1.09 bits per heavy atom. The molecule has 1 aliphatic rings. The molecule has 124 valence electrons. The summed E-state index contributed by atoms with van der Waals surface area (Å²) in [4.78, 5) is 0. The zero-order chi connectivity index (χ0) is 16.9. The van der Waals surface area contributed by atoms with E-state index < -0.39 is 0 Å². The maximum absolute atomic E-state index is 5.95. The van der Waals surface area contributed by atoms with Gasteiger partial charge in [-0.05, 0) is 40.2 Å². The Bertz CT molecular complexity index is 533. The van der Waals surface area contributed by atoms with Crippen molar-refractivity contribution in [2.45, 2.75) is 51.9 Å². The quantitative estimate of drug-likeness (QED) is 0.571. The van der Waals surface area contributed by atoms with Gasteiger partial charge in [-0.1, -0.05) is 54.5 Å². The van der Waals surface area contributed by atoms with Gasteiger partial charge >= 0.3 is 7.12 Å². The summed E-state index contributed by atoms with van der Waals surface area (Å²) in [6, 6.07) is 10.2. The van der Waals surface area contributed by atoms with E-state index in [2.05, 4.69) is 45.9 Å². The van der Waals surface area contributed by atoms with Gasteiger partial charge in [-0.2, -0.15) is 0 Å². The molecule has 4 heteroatoms. The maximum Gasteiger partial charge on any atom is 0.486 e. The van der Waals surface area contributed by atoms with Crippen LogP contribution in [-0.2, 0) is 14.0 Å². The van der Waals surface area contributed by atoms with E-state index in [9.17, 15) is 0 Å². The van der Waals surface area contributed by atoms with Crippen molar-refractivity contribution in [3.63, 3.8) is 0 Å². The van der Waals surface area contributed by atoms with E-state index in [0.29, 0.717) is 6.61 Å². The van der Waals surface area contributed by atoms with Gasteiger partial charge in [0.2, 0.25) is 0 Å². The third kappa shape index (κ3) is 4.57. The fourth-order valence-electron chi connectivity index (χ4n) is 2.37. The van der Waals surface area contributed by atoms with Gasteiger partial charge in [0.25, 0.3) is 0 Å². The largest absolute Gasteiger partial charge is 0.486 e. The Labute approximate surface area is 140 Å². The zero-order valence-electron chi connectivity index (χ0n) is 14.8. The van der Waals surface area contributed by atoms with Crippen LogP contribution in [0.15, 0.2) is 54.5 Å². The standard InChI is InChI=1S/C19H27BO3/c1-6-11-17(16-12-8-7-9-13-16)21-15-10-14-20-22-18(2,3)19(4,5)23-20/h6-14,17H,15H2,1-5H3/b11-6+,14-10+. The van der Waals surface area contributed by atoms with Crippen molar-refractivity contribution in [2.75, 3.05) is 6.61 Å². The topological polar surface area (TPSA) is 27.7 Å². The van der Waals surface area contributed by atoms with Crippen molar-refractivity contribution < 1.29 is 14.0 Å². The predicted octanol–water partition coefficient (Wildman–Crippen LogP) is 4.51. The Kier molecular flexibility index (Phi) is 5.85. The van der Waals surface area contributed by atoms with Crippen molar-refractivity contribution in [3.05, 3.63) is 60.1 Å². The Morgan fingerprint density at radius 2 is 1.70 bits per heavy atom. The molecule has 1 saturated heterocycles. The highest BCUT2D eigenvalue weighted by molar-refractivity contribution is 6.51. The molecule has 0 amide bonds. The second-order valence-corrected chi connectivity index (χ2v) is 6.74. The molecule has 1 aliphatic heterocycles. The van der Waals surface area contributed by atoms with E-state index >= 15 is 0 Å². The number of ether oxygens (including phenoxy) is 1. The lowest BCUT2D eigenvalue weighted by Gasteiger charge is -2.32.